The Hall–Kier alpha value is -2.28. The Morgan fingerprint density at radius 3 is 2.31 bits per heavy atom. The second kappa shape index (κ2) is 8.25. The zero-order chi connectivity index (χ0) is 23.3. The van der Waals surface area contributed by atoms with E-state index in [1.54, 1.807) is 6.07 Å². The lowest BCUT2D eigenvalue weighted by atomic mass is 9.57. The van der Waals surface area contributed by atoms with E-state index in [9.17, 15) is 23.3 Å². The highest BCUT2D eigenvalue weighted by molar-refractivity contribution is 6.33. The first kappa shape index (κ1) is 22.9. The van der Waals surface area contributed by atoms with E-state index in [4.69, 9.17) is 11.6 Å². The van der Waals surface area contributed by atoms with Crippen LogP contribution in [0.5, 0.6) is 0 Å². The lowest BCUT2D eigenvalue weighted by Gasteiger charge is -2.47. The van der Waals surface area contributed by atoms with Gasteiger partial charge >= 0.3 is 6.18 Å². The molecule has 0 heterocycles. The number of nitro benzene ring substituents is 1. The summed E-state index contributed by atoms with van der Waals surface area (Å²) >= 11 is 6.52. The van der Waals surface area contributed by atoms with Crippen LogP contribution in [0.3, 0.4) is 0 Å². The van der Waals surface area contributed by atoms with Crippen LogP contribution in [0.2, 0.25) is 5.02 Å². The fourth-order valence-electron chi connectivity index (χ4n) is 5.92. The van der Waals surface area contributed by atoms with Crippen LogP contribution < -0.4 is 5.32 Å². The molecule has 4 rings (SSSR count). The van der Waals surface area contributed by atoms with Crippen LogP contribution in [0.1, 0.15) is 57.1 Å². The number of alkyl halides is 3. The van der Waals surface area contributed by atoms with Crippen molar-refractivity contribution in [2.75, 3.05) is 5.32 Å². The molecule has 8 heteroatoms. The van der Waals surface area contributed by atoms with E-state index in [-0.39, 0.29) is 11.1 Å². The van der Waals surface area contributed by atoms with Gasteiger partial charge in [0.25, 0.3) is 5.69 Å². The van der Waals surface area contributed by atoms with Crippen LogP contribution in [0.4, 0.5) is 30.2 Å². The van der Waals surface area contributed by atoms with Gasteiger partial charge in [0.1, 0.15) is 0 Å². The maximum Gasteiger partial charge on any atom is 0.416 e. The van der Waals surface area contributed by atoms with Crippen molar-refractivity contribution in [1.82, 2.24) is 0 Å². The highest BCUT2D eigenvalue weighted by Crippen LogP contribution is 2.52. The van der Waals surface area contributed by atoms with Crippen LogP contribution in [-0.2, 0) is 11.6 Å². The Morgan fingerprint density at radius 1 is 1.09 bits per heavy atom. The Morgan fingerprint density at radius 2 is 1.75 bits per heavy atom. The molecule has 0 spiro atoms. The van der Waals surface area contributed by atoms with Gasteiger partial charge in [-0.25, -0.2) is 0 Å². The molecule has 0 aliphatic heterocycles. The van der Waals surface area contributed by atoms with Crippen LogP contribution in [0.25, 0.3) is 0 Å². The molecule has 1 N–H and O–H groups in total. The third kappa shape index (κ3) is 4.72. The normalized spacial score (nSPS) is 27.8. The molecule has 2 aromatic rings. The number of anilines is 2. The van der Waals surface area contributed by atoms with E-state index in [2.05, 4.69) is 19.2 Å². The van der Waals surface area contributed by atoms with E-state index < -0.39 is 22.4 Å². The SMILES string of the molecule is CC1CC2CC(C1)CC(C)(c1ccc(Nc3cc([N+](=O)[O-])cc(C(F)(F)F)c3)c(Cl)c1)C2. The first-order valence-corrected chi connectivity index (χ1v) is 11.2. The van der Waals surface area contributed by atoms with Gasteiger partial charge in [0.05, 0.1) is 21.2 Å². The number of hydrogen-bond donors (Lipinski definition) is 1. The number of benzene rings is 2. The summed E-state index contributed by atoms with van der Waals surface area (Å²) in [4.78, 5) is 10.3. The molecular formula is C24H26ClF3N2O2. The molecule has 2 unspecified atom stereocenters. The Bertz CT molecular complexity index is 1020. The Balaban J connectivity index is 1.60. The van der Waals surface area contributed by atoms with Crippen molar-refractivity contribution in [1.29, 1.82) is 0 Å². The van der Waals surface area contributed by atoms with Gasteiger partial charge in [0.15, 0.2) is 0 Å². The van der Waals surface area contributed by atoms with E-state index in [1.807, 2.05) is 12.1 Å². The lowest BCUT2D eigenvalue weighted by Crippen LogP contribution is -2.38. The number of fused-ring (bicyclic) bond motifs is 2. The van der Waals surface area contributed by atoms with Crippen molar-refractivity contribution in [3.8, 4) is 0 Å². The third-order valence-electron chi connectivity index (χ3n) is 7.02. The first-order chi connectivity index (χ1) is 14.9. The predicted molar refractivity (Wildman–Crippen MR) is 119 cm³/mol. The van der Waals surface area contributed by atoms with Gasteiger partial charge in [0, 0.05) is 17.8 Å². The maximum absolute atomic E-state index is 13.2. The summed E-state index contributed by atoms with van der Waals surface area (Å²) in [5.74, 6) is 2.20. The average molecular weight is 467 g/mol. The highest BCUT2D eigenvalue weighted by atomic mass is 35.5. The second-order valence-electron chi connectivity index (χ2n) is 9.86. The van der Waals surface area contributed by atoms with Crippen molar-refractivity contribution in [3.05, 3.63) is 62.7 Å². The first-order valence-electron chi connectivity index (χ1n) is 10.9. The topological polar surface area (TPSA) is 55.2 Å². The molecular weight excluding hydrogens is 441 g/mol. The van der Waals surface area contributed by atoms with Gasteiger partial charge in [-0.1, -0.05) is 31.5 Å². The zero-order valence-electron chi connectivity index (χ0n) is 18.0. The number of halogens is 4. The van der Waals surface area contributed by atoms with Gasteiger partial charge in [-0.05, 0) is 79.0 Å². The minimum Gasteiger partial charge on any atom is -0.354 e. The average Bonchev–Trinajstić information content (AvgIpc) is 2.67. The van der Waals surface area contributed by atoms with Crippen LogP contribution in [0, 0.1) is 27.9 Å². The molecule has 2 bridgehead atoms. The van der Waals surface area contributed by atoms with Gasteiger partial charge in [-0.15, -0.1) is 0 Å². The summed E-state index contributed by atoms with van der Waals surface area (Å²) in [6.07, 6.45) is 1.33. The quantitative estimate of drug-likeness (QED) is 0.365. The van der Waals surface area contributed by atoms with Crippen LogP contribution in [0.15, 0.2) is 36.4 Å². The zero-order valence-corrected chi connectivity index (χ0v) is 18.8. The van der Waals surface area contributed by atoms with Crippen molar-refractivity contribution in [2.24, 2.45) is 17.8 Å². The molecule has 0 amide bonds. The monoisotopic (exact) mass is 466 g/mol. The van der Waals surface area contributed by atoms with E-state index in [1.165, 1.54) is 19.3 Å². The summed E-state index contributed by atoms with van der Waals surface area (Å²) < 4.78 is 39.5. The van der Waals surface area contributed by atoms with Gasteiger partial charge in [-0.3, -0.25) is 10.1 Å². The molecule has 4 nitrogen and oxygen atoms in total. The number of nitrogens with one attached hydrogen (secondary N) is 1. The van der Waals surface area contributed by atoms with Crippen molar-refractivity contribution in [3.63, 3.8) is 0 Å². The Kier molecular flexibility index (Phi) is 5.90. The van der Waals surface area contributed by atoms with E-state index in [0.29, 0.717) is 28.6 Å². The van der Waals surface area contributed by atoms with Crippen molar-refractivity contribution in [2.45, 2.75) is 57.5 Å². The lowest BCUT2D eigenvalue weighted by molar-refractivity contribution is -0.385. The molecule has 32 heavy (non-hydrogen) atoms. The number of nitrogens with zero attached hydrogens (tertiary/aromatic N) is 1. The largest absolute Gasteiger partial charge is 0.416 e. The molecule has 2 aromatic carbocycles. The molecule has 0 radical (unpaired) electrons. The molecule has 0 saturated heterocycles. The summed E-state index contributed by atoms with van der Waals surface area (Å²) in [6, 6.07) is 8.06. The smallest absolute Gasteiger partial charge is 0.354 e. The summed E-state index contributed by atoms with van der Waals surface area (Å²) in [6.45, 7) is 4.61. The van der Waals surface area contributed by atoms with Crippen molar-refractivity contribution < 1.29 is 18.1 Å². The van der Waals surface area contributed by atoms with E-state index in [0.717, 1.165) is 36.5 Å². The fraction of sp³-hybridized carbons (Fsp3) is 0.500. The standard InChI is InChI=1S/C24H26ClF3N2O2/c1-14-5-15-7-16(6-14)13-23(2,12-15)17-3-4-22(21(25)10-17)29-19-8-18(24(26,27)28)9-20(11-19)30(31)32/h3-4,8-11,14-16,29H,5-7,12-13H2,1-2H3. The van der Waals surface area contributed by atoms with Crippen LogP contribution >= 0.6 is 11.6 Å². The van der Waals surface area contributed by atoms with Gasteiger partial charge in [0.2, 0.25) is 0 Å². The molecule has 2 aliphatic rings. The minimum atomic E-state index is -4.69. The van der Waals surface area contributed by atoms with Crippen molar-refractivity contribution >= 4 is 28.7 Å². The molecule has 2 saturated carbocycles. The van der Waals surface area contributed by atoms with Gasteiger partial charge < -0.3 is 5.32 Å². The molecule has 2 atom stereocenters. The number of rotatable bonds is 4. The minimum absolute atomic E-state index is 0.0187. The van der Waals surface area contributed by atoms with Gasteiger partial charge in [-0.2, -0.15) is 13.2 Å². The molecule has 2 aliphatic carbocycles. The Labute approximate surface area is 190 Å². The summed E-state index contributed by atoms with van der Waals surface area (Å²) in [7, 11) is 0. The second-order valence-corrected chi connectivity index (χ2v) is 10.3. The van der Waals surface area contributed by atoms with Crippen LogP contribution in [-0.4, -0.2) is 4.92 Å². The third-order valence-corrected chi connectivity index (χ3v) is 7.33. The fourth-order valence-corrected chi connectivity index (χ4v) is 6.15. The maximum atomic E-state index is 13.2. The number of non-ortho nitro benzene ring substituents is 1. The highest BCUT2D eigenvalue weighted by Gasteiger charge is 2.42. The molecule has 172 valence electrons. The molecule has 2 fully saturated rings. The summed E-state index contributed by atoms with van der Waals surface area (Å²) in [5.41, 5.74) is -0.189. The predicted octanol–water partition coefficient (Wildman–Crippen LogP) is 8.11. The number of hydrogen-bond acceptors (Lipinski definition) is 3. The summed E-state index contributed by atoms with van der Waals surface area (Å²) in [5, 5.41) is 14.3. The van der Waals surface area contributed by atoms with E-state index >= 15 is 0 Å². The number of nitro groups is 1. The molecule has 0 aromatic heterocycles.